The van der Waals surface area contributed by atoms with Gasteiger partial charge in [0, 0.05) is 28.3 Å². The summed E-state index contributed by atoms with van der Waals surface area (Å²) in [6.45, 7) is 0. The minimum absolute atomic E-state index is 0.178. The number of carbonyl (C=O) groups excluding carboxylic acids is 1. The van der Waals surface area contributed by atoms with Gasteiger partial charge in [-0.3, -0.25) is 4.79 Å². The first-order valence-electron chi connectivity index (χ1n) is 9.19. The Morgan fingerprint density at radius 2 is 1.73 bits per heavy atom. The van der Waals surface area contributed by atoms with Gasteiger partial charge in [-0.05, 0) is 24.3 Å². The molecule has 146 valence electrons. The SMILES string of the molecule is O=C(Nc1ccc(-c2csc(-c3ccccc3)n2)cc1)c1cc(-c2ccco2)on1. The van der Waals surface area contributed by atoms with Crippen LogP contribution < -0.4 is 5.32 Å². The number of furan rings is 1. The summed E-state index contributed by atoms with van der Waals surface area (Å²) < 4.78 is 10.4. The van der Waals surface area contributed by atoms with Crippen LogP contribution in [0.15, 0.2) is 93.4 Å². The number of benzene rings is 2. The van der Waals surface area contributed by atoms with E-state index >= 15 is 0 Å². The van der Waals surface area contributed by atoms with Crippen molar-refractivity contribution in [2.24, 2.45) is 0 Å². The first kappa shape index (κ1) is 18.1. The fourth-order valence-electron chi connectivity index (χ4n) is 2.96. The summed E-state index contributed by atoms with van der Waals surface area (Å²) in [6.07, 6.45) is 1.53. The quantitative estimate of drug-likeness (QED) is 0.383. The molecule has 5 rings (SSSR count). The lowest BCUT2D eigenvalue weighted by Crippen LogP contribution is -2.11. The summed E-state index contributed by atoms with van der Waals surface area (Å²) in [6, 6.07) is 22.6. The van der Waals surface area contributed by atoms with Crippen molar-refractivity contribution in [1.29, 1.82) is 0 Å². The third-order valence-corrected chi connectivity index (χ3v) is 5.36. The van der Waals surface area contributed by atoms with E-state index in [9.17, 15) is 4.79 Å². The molecule has 0 saturated carbocycles. The Bertz CT molecular complexity index is 1270. The normalized spacial score (nSPS) is 10.8. The van der Waals surface area contributed by atoms with E-state index in [-0.39, 0.29) is 11.6 Å². The molecule has 1 amide bonds. The average molecular weight is 413 g/mol. The van der Waals surface area contributed by atoms with Gasteiger partial charge >= 0.3 is 0 Å². The van der Waals surface area contributed by atoms with Crippen LogP contribution in [0.4, 0.5) is 5.69 Å². The molecule has 0 unspecified atom stereocenters. The lowest BCUT2D eigenvalue weighted by atomic mass is 10.1. The number of aromatic nitrogens is 2. The summed E-state index contributed by atoms with van der Waals surface area (Å²) in [5.74, 6) is 0.562. The number of rotatable bonds is 5. The van der Waals surface area contributed by atoms with Crippen LogP contribution in [0.3, 0.4) is 0 Å². The molecule has 2 aromatic carbocycles. The molecule has 3 aromatic heterocycles. The number of hydrogen-bond acceptors (Lipinski definition) is 6. The zero-order chi connectivity index (χ0) is 20.3. The maximum absolute atomic E-state index is 12.4. The summed E-state index contributed by atoms with van der Waals surface area (Å²) >= 11 is 1.60. The molecule has 7 heteroatoms. The summed E-state index contributed by atoms with van der Waals surface area (Å²) in [5.41, 5.74) is 3.81. The number of carbonyl (C=O) groups is 1. The minimum atomic E-state index is -0.357. The fourth-order valence-corrected chi connectivity index (χ4v) is 3.79. The second-order valence-electron chi connectivity index (χ2n) is 6.49. The zero-order valence-electron chi connectivity index (χ0n) is 15.6. The molecule has 0 bridgehead atoms. The lowest BCUT2D eigenvalue weighted by molar-refractivity contribution is 0.101. The molecule has 5 aromatic rings. The highest BCUT2D eigenvalue weighted by molar-refractivity contribution is 7.13. The number of nitrogens with zero attached hydrogens (tertiary/aromatic N) is 2. The topological polar surface area (TPSA) is 81.2 Å². The Morgan fingerprint density at radius 1 is 0.900 bits per heavy atom. The first-order chi connectivity index (χ1) is 14.8. The van der Waals surface area contributed by atoms with E-state index in [4.69, 9.17) is 13.9 Å². The summed E-state index contributed by atoms with van der Waals surface area (Å²) in [7, 11) is 0. The van der Waals surface area contributed by atoms with Crippen molar-refractivity contribution in [3.05, 3.63) is 90.1 Å². The van der Waals surface area contributed by atoms with E-state index in [0.717, 1.165) is 21.8 Å². The monoisotopic (exact) mass is 413 g/mol. The van der Waals surface area contributed by atoms with Gasteiger partial charge in [0.15, 0.2) is 11.5 Å². The van der Waals surface area contributed by atoms with Crippen molar-refractivity contribution in [2.45, 2.75) is 0 Å². The van der Waals surface area contributed by atoms with Gasteiger partial charge in [0.2, 0.25) is 5.76 Å². The summed E-state index contributed by atoms with van der Waals surface area (Å²) in [5, 5.41) is 9.63. The average Bonchev–Trinajstić information content (AvgIpc) is 3.56. The predicted octanol–water partition coefficient (Wildman–Crippen LogP) is 5.98. The van der Waals surface area contributed by atoms with Crippen LogP contribution in [0.2, 0.25) is 0 Å². The minimum Gasteiger partial charge on any atom is -0.461 e. The van der Waals surface area contributed by atoms with Gasteiger partial charge in [-0.15, -0.1) is 11.3 Å². The molecule has 1 N–H and O–H groups in total. The van der Waals surface area contributed by atoms with Crippen molar-refractivity contribution < 1.29 is 13.7 Å². The highest BCUT2D eigenvalue weighted by Crippen LogP contribution is 2.29. The van der Waals surface area contributed by atoms with Crippen LogP contribution in [0.1, 0.15) is 10.5 Å². The standard InChI is InChI=1S/C23H15N3O3S/c27-22(18-13-21(29-26-18)20-7-4-12-28-20)24-17-10-8-15(9-11-17)19-14-30-23(25-19)16-5-2-1-3-6-16/h1-14H,(H,24,27). The molecule has 30 heavy (non-hydrogen) atoms. The molecular weight excluding hydrogens is 398 g/mol. The number of anilines is 1. The van der Waals surface area contributed by atoms with Gasteiger partial charge in [-0.25, -0.2) is 4.98 Å². The molecule has 0 aliphatic carbocycles. The van der Waals surface area contributed by atoms with E-state index < -0.39 is 0 Å². The van der Waals surface area contributed by atoms with Gasteiger partial charge in [0.25, 0.3) is 5.91 Å². The lowest BCUT2D eigenvalue weighted by Gasteiger charge is -2.04. The Balaban J connectivity index is 1.29. The number of amides is 1. The molecule has 0 atom stereocenters. The van der Waals surface area contributed by atoms with Gasteiger partial charge in [0.05, 0.1) is 12.0 Å². The van der Waals surface area contributed by atoms with Crippen LogP contribution >= 0.6 is 11.3 Å². The second kappa shape index (κ2) is 7.81. The maximum Gasteiger partial charge on any atom is 0.277 e. The van der Waals surface area contributed by atoms with Crippen molar-refractivity contribution in [3.63, 3.8) is 0 Å². The van der Waals surface area contributed by atoms with E-state index in [2.05, 4.69) is 10.5 Å². The Labute approximate surface area is 175 Å². The Kier molecular flexibility index (Phi) is 4.71. The summed E-state index contributed by atoms with van der Waals surface area (Å²) in [4.78, 5) is 17.2. The fraction of sp³-hybridized carbons (Fsp3) is 0. The van der Waals surface area contributed by atoms with E-state index in [0.29, 0.717) is 17.2 Å². The van der Waals surface area contributed by atoms with Crippen molar-refractivity contribution >= 4 is 22.9 Å². The van der Waals surface area contributed by atoms with E-state index in [1.165, 1.54) is 6.26 Å². The number of thiazole rings is 1. The zero-order valence-corrected chi connectivity index (χ0v) is 16.4. The van der Waals surface area contributed by atoms with E-state index in [1.807, 2.05) is 60.0 Å². The predicted molar refractivity (Wildman–Crippen MR) is 115 cm³/mol. The smallest absolute Gasteiger partial charge is 0.277 e. The molecular formula is C23H15N3O3S. The largest absolute Gasteiger partial charge is 0.461 e. The highest BCUT2D eigenvalue weighted by Gasteiger charge is 2.15. The molecule has 6 nitrogen and oxygen atoms in total. The van der Waals surface area contributed by atoms with Gasteiger partial charge < -0.3 is 14.3 Å². The van der Waals surface area contributed by atoms with Crippen molar-refractivity contribution in [2.75, 3.05) is 5.32 Å². The second-order valence-corrected chi connectivity index (χ2v) is 7.35. The highest BCUT2D eigenvalue weighted by atomic mass is 32.1. The van der Waals surface area contributed by atoms with Crippen LogP contribution in [-0.2, 0) is 0 Å². The first-order valence-corrected chi connectivity index (χ1v) is 10.1. The molecule has 0 radical (unpaired) electrons. The van der Waals surface area contributed by atoms with Crippen LogP contribution in [0.5, 0.6) is 0 Å². The third kappa shape index (κ3) is 3.66. The van der Waals surface area contributed by atoms with Crippen LogP contribution in [0, 0.1) is 0 Å². The molecule has 0 fully saturated rings. The molecule has 3 heterocycles. The molecule has 0 saturated heterocycles. The van der Waals surface area contributed by atoms with Gasteiger partial charge in [-0.2, -0.15) is 0 Å². The number of nitrogens with one attached hydrogen (secondary N) is 1. The van der Waals surface area contributed by atoms with Gasteiger partial charge in [0.1, 0.15) is 5.01 Å². The van der Waals surface area contributed by atoms with Crippen molar-refractivity contribution in [3.8, 4) is 33.3 Å². The van der Waals surface area contributed by atoms with Crippen LogP contribution in [-0.4, -0.2) is 16.0 Å². The Hall–Kier alpha value is -3.97. The van der Waals surface area contributed by atoms with Gasteiger partial charge in [-0.1, -0.05) is 47.6 Å². The van der Waals surface area contributed by atoms with Crippen LogP contribution in [0.25, 0.3) is 33.3 Å². The molecule has 0 aliphatic heterocycles. The molecule has 0 spiro atoms. The van der Waals surface area contributed by atoms with Crippen molar-refractivity contribution in [1.82, 2.24) is 10.1 Å². The Morgan fingerprint density at radius 3 is 2.50 bits per heavy atom. The maximum atomic E-state index is 12.4. The third-order valence-electron chi connectivity index (χ3n) is 4.47. The molecule has 0 aliphatic rings. The number of hydrogen-bond donors (Lipinski definition) is 1. The van der Waals surface area contributed by atoms with E-state index in [1.54, 1.807) is 29.5 Å².